The Balaban J connectivity index is 2.00. The van der Waals surface area contributed by atoms with Gasteiger partial charge in [0, 0.05) is 5.38 Å². The topological polar surface area (TPSA) is 73.1 Å². The number of pyridine rings is 1. The molecule has 2 aromatic heterocycles. The van der Waals surface area contributed by atoms with Gasteiger partial charge in [0.2, 0.25) is 5.88 Å². The highest BCUT2D eigenvalue weighted by Crippen LogP contribution is 2.21. The van der Waals surface area contributed by atoms with Gasteiger partial charge in [-0.2, -0.15) is 4.98 Å². The molecule has 19 heavy (non-hydrogen) atoms. The first-order valence-corrected chi connectivity index (χ1v) is 7.11. The summed E-state index contributed by atoms with van der Waals surface area (Å²) in [6, 6.07) is 3.64. The molecule has 102 valence electrons. The Bertz CT molecular complexity index is 541. The van der Waals surface area contributed by atoms with Gasteiger partial charge in [0.05, 0.1) is 29.5 Å². The summed E-state index contributed by atoms with van der Waals surface area (Å²) in [5.74, 6) is 1.23. The van der Waals surface area contributed by atoms with E-state index in [-0.39, 0.29) is 0 Å². The van der Waals surface area contributed by atoms with Gasteiger partial charge >= 0.3 is 0 Å². The van der Waals surface area contributed by atoms with Crippen LogP contribution in [0.15, 0.2) is 17.5 Å². The summed E-state index contributed by atoms with van der Waals surface area (Å²) in [5, 5.41) is 6.32. The number of aryl methyl sites for hydroxylation is 1. The highest BCUT2D eigenvalue weighted by atomic mass is 32.1. The van der Waals surface area contributed by atoms with Crippen molar-refractivity contribution in [2.24, 2.45) is 0 Å². The molecule has 0 aliphatic carbocycles. The van der Waals surface area contributed by atoms with Crippen molar-refractivity contribution in [1.29, 1.82) is 0 Å². The fourth-order valence-corrected chi connectivity index (χ4v) is 2.15. The van der Waals surface area contributed by atoms with Crippen LogP contribution in [0.1, 0.15) is 24.0 Å². The quantitative estimate of drug-likeness (QED) is 0.850. The smallest absolute Gasteiger partial charge is 0.239 e. The molecular weight excluding hydrogens is 260 g/mol. The molecule has 6 heteroatoms. The first-order chi connectivity index (χ1) is 9.19. The van der Waals surface area contributed by atoms with Gasteiger partial charge in [-0.05, 0) is 25.5 Å². The molecule has 0 aliphatic rings. The number of ether oxygens (including phenoxy) is 1. The predicted octanol–water partition coefficient (Wildman–Crippen LogP) is 2.83. The number of hydrogen-bond acceptors (Lipinski definition) is 6. The van der Waals surface area contributed by atoms with E-state index in [0.717, 1.165) is 22.9 Å². The number of hydrogen-bond donors (Lipinski definition) is 2. The van der Waals surface area contributed by atoms with Crippen LogP contribution in [0.5, 0.6) is 5.88 Å². The van der Waals surface area contributed by atoms with Gasteiger partial charge in [-0.3, -0.25) is 0 Å². The van der Waals surface area contributed by atoms with Crippen molar-refractivity contribution in [3.8, 4) is 5.88 Å². The maximum atomic E-state index is 5.81. The summed E-state index contributed by atoms with van der Waals surface area (Å²) < 4.78 is 5.49. The summed E-state index contributed by atoms with van der Waals surface area (Å²) in [4.78, 5) is 8.74. The van der Waals surface area contributed by atoms with Crippen molar-refractivity contribution in [3.63, 3.8) is 0 Å². The average molecular weight is 278 g/mol. The zero-order chi connectivity index (χ0) is 13.7. The lowest BCUT2D eigenvalue weighted by atomic mass is 10.4. The second-order valence-corrected chi connectivity index (χ2v) is 5.21. The lowest BCUT2D eigenvalue weighted by molar-refractivity contribution is 0.307. The first-order valence-electron chi connectivity index (χ1n) is 6.23. The van der Waals surface area contributed by atoms with Crippen LogP contribution in [0.3, 0.4) is 0 Å². The van der Waals surface area contributed by atoms with E-state index < -0.39 is 0 Å². The Kier molecular flexibility index (Phi) is 4.57. The summed E-state index contributed by atoms with van der Waals surface area (Å²) in [6.45, 7) is 5.30. The molecule has 2 rings (SSSR count). The van der Waals surface area contributed by atoms with Gasteiger partial charge in [-0.1, -0.05) is 6.92 Å². The van der Waals surface area contributed by atoms with Crippen molar-refractivity contribution < 1.29 is 4.74 Å². The molecule has 0 unspecified atom stereocenters. The summed E-state index contributed by atoms with van der Waals surface area (Å²) >= 11 is 1.64. The third-order valence-corrected chi connectivity index (χ3v) is 3.27. The van der Waals surface area contributed by atoms with E-state index >= 15 is 0 Å². The number of nitrogens with zero attached hydrogens (tertiary/aromatic N) is 2. The molecule has 5 nitrogen and oxygen atoms in total. The molecule has 3 N–H and O–H groups in total. The maximum Gasteiger partial charge on any atom is 0.239 e. The van der Waals surface area contributed by atoms with Gasteiger partial charge in [-0.25, -0.2) is 4.98 Å². The Hall–Kier alpha value is -1.82. The number of aromatic nitrogens is 2. The highest BCUT2D eigenvalue weighted by Gasteiger charge is 2.05. The van der Waals surface area contributed by atoms with Crippen LogP contribution < -0.4 is 15.8 Å². The van der Waals surface area contributed by atoms with Crippen LogP contribution in [0.2, 0.25) is 0 Å². The lowest BCUT2D eigenvalue weighted by Gasteiger charge is -2.09. The van der Waals surface area contributed by atoms with Crippen molar-refractivity contribution in [1.82, 2.24) is 9.97 Å². The molecule has 0 atom stereocenters. The lowest BCUT2D eigenvalue weighted by Crippen LogP contribution is -2.06. The molecule has 0 aliphatic heterocycles. The third kappa shape index (κ3) is 3.82. The minimum atomic E-state index is 0.487. The second kappa shape index (κ2) is 6.38. The molecular formula is C13H18N4OS. The van der Waals surface area contributed by atoms with Crippen LogP contribution in [-0.4, -0.2) is 16.6 Å². The van der Waals surface area contributed by atoms with Crippen molar-refractivity contribution in [2.75, 3.05) is 17.7 Å². The molecule has 2 aromatic rings. The van der Waals surface area contributed by atoms with Crippen LogP contribution in [0.25, 0.3) is 0 Å². The fourth-order valence-electron chi connectivity index (χ4n) is 1.53. The van der Waals surface area contributed by atoms with E-state index in [4.69, 9.17) is 10.5 Å². The van der Waals surface area contributed by atoms with Crippen molar-refractivity contribution >= 4 is 22.8 Å². The van der Waals surface area contributed by atoms with Crippen molar-refractivity contribution in [2.45, 2.75) is 26.8 Å². The largest absolute Gasteiger partial charge is 0.476 e. The summed E-state index contributed by atoms with van der Waals surface area (Å²) in [5.41, 5.74) is 7.38. The Morgan fingerprint density at radius 2 is 2.21 bits per heavy atom. The zero-order valence-electron chi connectivity index (χ0n) is 11.1. The second-order valence-electron chi connectivity index (χ2n) is 4.15. The first kappa shape index (κ1) is 13.6. The minimum Gasteiger partial charge on any atom is -0.476 e. The molecule has 0 radical (unpaired) electrons. The monoisotopic (exact) mass is 278 g/mol. The Morgan fingerprint density at radius 1 is 1.37 bits per heavy atom. The Morgan fingerprint density at radius 3 is 2.89 bits per heavy atom. The minimum absolute atomic E-state index is 0.487. The van der Waals surface area contributed by atoms with E-state index in [1.165, 1.54) is 0 Å². The number of anilines is 2. The Labute approximate surface area is 116 Å². The van der Waals surface area contributed by atoms with Gasteiger partial charge < -0.3 is 15.8 Å². The maximum absolute atomic E-state index is 5.81. The molecule has 2 heterocycles. The van der Waals surface area contributed by atoms with Gasteiger partial charge in [-0.15, -0.1) is 11.3 Å². The number of nitrogens with two attached hydrogens (primary N) is 1. The van der Waals surface area contributed by atoms with Crippen LogP contribution in [-0.2, 0) is 6.54 Å². The molecule has 0 aromatic carbocycles. The predicted molar refractivity (Wildman–Crippen MR) is 78.6 cm³/mol. The molecule has 0 spiro atoms. The van der Waals surface area contributed by atoms with E-state index in [0.29, 0.717) is 24.7 Å². The number of thiazole rings is 1. The van der Waals surface area contributed by atoms with E-state index in [1.807, 2.05) is 25.3 Å². The van der Waals surface area contributed by atoms with Crippen molar-refractivity contribution in [3.05, 3.63) is 28.2 Å². The number of nitrogens with one attached hydrogen (secondary N) is 1. The summed E-state index contributed by atoms with van der Waals surface area (Å²) in [7, 11) is 0. The van der Waals surface area contributed by atoms with Gasteiger partial charge in [0.1, 0.15) is 5.82 Å². The average Bonchev–Trinajstić information content (AvgIpc) is 2.82. The van der Waals surface area contributed by atoms with E-state index in [1.54, 1.807) is 17.4 Å². The normalized spacial score (nSPS) is 10.4. The number of rotatable bonds is 6. The molecule has 0 saturated carbocycles. The van der Waals surface area contributed by atoms with Crippen LogP contribution >= 0.6 is 11.3 Å². The molecule has 0 bridgehead atoms. The standard InChI is InChI=1S/C13H18N4OS/c1-3-6-18-13-11(14)4-5-12(17-13)15-7-10-8-19-9(2)16-10/h4-5,8H,3,6-7,14H2,1-2H3,(H,15,17). The molecule has 0 fully saturated rings. The number of nitrogen functional groups attached to an aromatic ring is 1. The van der Waals surface area contributed by atoms with Gasteiger partial charge in [0.25, 0.3) is 0 Å². The fraction of sp³-hybridized carbons (Fsp3) is 0.385. The zero-order valence-corrected chi connectivity index (χ0v) is 12.0. The van der Waals surface area contributed by atoms with Crippen LogP contribution in [0.4, 0.5) is 11.5 Å². The highest BCUT2D eigenvalue weighted by molar-refractivity contribution is 7.09. The molecule has 0 saturated heterocycles. The van der Waals surface area contributed by atoms with E-state index in [2.05, 4.69) is 15.3 Å². The van der Waals surface area contributed by atoms with Gasteiger partial charge in [0.15, 0.2) is 0 Å². The molecule has 0 amide bonds. The van der Waals surface area contributed by atoms with Crippen LogP contribution in [0, 0.1) is 6.92 Å². The van der Waals surface area contributed by atoms with E-state index in [9.17, 15) is 0 Å². The SMILES string of the molecule is CCCOc1nc(NCc2csc(C)n2)ccc1N. The third-order valence-electron chi connectivity index (χ3n) is 2.45. The summed E-state index contributed by atoms with van der Waals surface area (Å²) in [6.07, 6.45) is 0.927.